The molecule has 3 aromatic rings. The third-order valence-electron chi connectivity index (χ3n) is 5.23. The predicted octanol–water partition coefficient (Wildman–Crippen LogP) is 4.84. The van der Waals surface area contributed by atoms with Crippen LogP contribution >= 0.6 is 0 Å². The molecule has 0 aliphatic carbocycles. The van der Waals surface area contributed by atoms with Gasteiger partial charge in [0.25, 0.3) is 10.0 Å². The zero-order chi connectivity index (χ0) is 22.2. The molecule has 0 radical (unpaired) electrons. The van der Waals surface area contributed by atoms with Gasteiger partial charge in [-0.3, -0.25) is 4.31 Å². The number of nitrogens with zero attached hydrogens (tertiary/aromatic N) is 1. The van der Waals surface area contributed by atoms with Crippen molar-refractivity contribution in [2.45, 2.75) is 25.2 Å². The van der Waals surface area contributed by atoms with E-state index in [2.05, 4.69) is 10.6 Å². The molecule has 160 valence electrons. The van der Waals surface area contributed by atoms with E-state index in [1.54, 1.807) is 61.5 Å². The van der Waals surface area contributed by atoms with E-state index in [1.807, 2.05) is 6.92 Å². The molecule has 3 aromatic carbocycles. The Balaban J connectivity index is 1.54. The highest BCUT2D eigenvalue weighted by Crippen LogP contribution is 2.35. The average molecular weight is 440 g/mol. The van der Waals surface area contributed by atoms with Crippen LogP contribution in [0.25, 0.3) is 0 Å². The van der Waals surface area contributed by atoms with Crippen molar-refractivity contribution in [2.75, 3.05) is 21.5 Å². The maximum atomic E-state index is 13.7. The summed E-state index contributed by atoms with van der Waals surface area (Å²) < 4.78 is 41.3. The van der Waals surface area contributed by atoms with Crippen molar-refractivity contribution in [2.24, 2.45) is 0 Å². The minimum atomic E-state index is -3.71. The normalized spacial score (nSPS) is 13.1. The molecule has 0 fully saturated rings. The Morgan fingerprint density at radius 3 is 2.26 bits per heavy atom. The SMILES string of the molecule is Cc1ccc(S(=O)(=O)N2CCc3ccc(NC(=O)Nc4ccc(C)c(F)c4)cc32)cc1. The fraction of sp³-hybridized carbons (Fsp3) is 0.174. The van der Waals surface area contributed by atoms with E-state index in [4.69, 9.17) is 0 Å². The van der Waals surface area contributed by atoms with Gasteiger partial charge in [0.05, 0.1) is 10.6 Å². The van der Waals surface area contributed by atoms with Crippen LogP contribution < -0.4 is 14.9 Å². The Morgan fingerprint density at radius 1 is 0.935 bits per heavy atom. The van der Waals surface area contributed by atoms with E-state index in [1.165, 1.54) is 10.4 Å². The van der Waals surface area contributed by atoms with Gasteiger partial charge in [0.2, 0.25) is 0 Å². The number of nitrogens with one attached hydrogen (secondary N) is 2. The first-order valence-electron chi connectivity index (χ1n) is 9.80. The van der Waals surface area contributed by atoms with Gasteiger partial charge < -0.3 is 10.6 Å². The first-order chi connectivity index (χ1) is 14.7. The molecule has 0 atom stereocenters. The number of sulfonamides is 1. The standard InChI is InChI=1S/C23H22FN3O3S/c1-15-3-9-20(10-4-15)31(29,30)27-12-11-17-6-8-19(14-22(17)27)26-23(28)25-18-7-5-16(2)21(24)13-18/h3-10,13-14H,11-12H2,1-2H3,(H2,25,26,28). The molecular weight excluding hydrogens is 417 g/mol. The van der Waals surface area contributed by atoms with Gasteiger partial charge in [-0.15, -0.1) is 0 Å². The number of halogens is 1. The van der Waals surface area contributed by atoms with Gasteiger partial charge in [-0.1, -0.05) is 29.8 Å². The number of fused-ring (bicyclic) bond motifs is 1. The van der Waals surface area contributed by atoms with Crippen LogP contribution in [-0.4, -0.2) is 21.0 Å². The number of hydrogen-bond donors (Lipinski definition) is 2. The molecule has 2 amide bonds. The molecule has 31 heavy (non-hydrogen) atoms. The highest BCUT2D eigenvalue weighted by Gasteiger charge is 2.31. The summed E-state index contributed by atoms with van der Waals surface area (Å²) in [7, 11) is -3.71. The van der Waals surface area contributed by atoms with Crippen LogP contribution in [0, 0.1) is 19.7 Å². The molecule has 8 heteroatoms. The van der Waals surface area contributed by atoms with E-state index < -0.39 is 21.9 Å². The Morgan fingerprint density at radius 2 is 1.58 bits per heavy atom. The van der Waals surface area contributed by atoms with Crippen LogP contribution in [0.15, 0.2) is 65.6 Å². The van der Waals surface area contributed by atoms with Gasteiger partial charge in [-0.05, 0) is 67.8 Å². The highest BCUT2D eigenvalue weighted by molar-refractivity contribution is 7.92. The molecule has 0 unspecified atom stereocenters. The number of benzene rings is 3. The number of anilines is 3. The Labute approximate surface area is 180 Å². The van der Waals surface area contributed by atoms with Crippen LogP contribution in [-0.2, 0) is 16.4 Å². The lowest BCUT2D eigenvalue weighted by atomic mass is 10.1. The molecule has 0 saturated carbocycles. The highest BCUT2D eigenvalue weighted by atomic mass is 32.2. The van der Waals surface area contributed by atoms with Crippen LogP contribution in [0.5, 0.6) is 0 Å². The lowest BCUT2D eigenvalue weighted by molar-refractivity contribution is 0.262. The molecule has 0 aromatic heterocycles. The Kier molecular flexibility index (Phi) is 5.41. The molecule has 1 heterocycles. The Bertz CT molecular complexity index is 1260. The number of amides is 2. The summed E-state index contributed by atoms with van der Waals surface area (Å²) in [4.78, 5) is 12.6. The molecule has 0 bridgehead atoms. The lowest BCUT2D eigenvalue weighted by Crippen LogP contribution is -2.29. The number of aryl methyl sites for hydroxylation is 2. The fourth-order valence-corrected chi connectivity index (χ4v) is 4.97. The van der Waals surface area contributed by atoms with Crippen LogP contribution in [0.2, 0.25) is 0 Å². The number of hydrogen-bond acceptors (Lipinski definition) is 3. The summed E-state index contributed by atoms with van der Waals surface area (Å²) >= 11 is 0. The van der Waals surface area contributed by atoms with Gasteiger partial charge in [0, 0.05) is 17.9 Å². The monoisotopic (exact) mass is 439 g/mol. The van der Waals surface area contributed by atoms with Crippen molar-refractivity contribution >= 4 is 33.1 Å². The van der Waals surface area contributed by atoms with Crippen LogP contribution in [0.4, 0.5) is 26.2 Å². The topological polar surface area (TPSA) is 78.5 Å². The largest absolute Gasteiger partial charge is 0.323 e. The van der Waals surface area contributed by atoms with E-state index in [-0.39, 0.29) is 4.90 Å². The van der Waals surface area contributed by atoms with E-state index in [0.29, 0.717) is 35.6 Å². The molecule has 1 aliphatic heterocycles. The van der Waals surface area contributed by atoms with Crippen LogP contribution in [0.1, 0.15) is 16.7 Å². The summed E-state index contributed by atoms with van der Waals surface area (Å²) in [6, 6.07) is 15.8. The smallest absolute Gasteiger partial charge is 0.308 e. The number of carbonyl (C=O) groups is 1. The summed E-state index contributed by atoms with van der Waals surface area (Å²) in [5.41, 5.74) is 3.66. The number of urea groups is 1. The van der Waals surface area contributed by atoms with Gasteiger partial charge in [-0.25, -0.2) is 17.6 Å². The van der Waals surface area contributed by atoms with Crippen molar-refractivity contribution in [3.8, 4) is 0 Å². The second-order valence-corrected chi connectivity index (χ2v) is 9.39. The van der Waals surface area contributed by atoms with Crippen molar-refractivity contribution in [3.05, 3.63) is 83.2 Å². The third kappa shape index (κ3) is 4.25. The molecule has 0 spiro atoms. The summed E-state index contributed by atoms with van der Waals surface area (Å²) in [5, 5.41) is 5.26. The van der Waals surface area contributed by atoms with E-state index >= 15 is 0 Å². The van der Waals surface area contributed by atoms with Crippen molar-refractivity contribution in [3.63, 3.8) is 0 Å². The second kappa shape index (κ2) is 8.03. The predicted molar refractivity (Wildman–Crippen MR) is 120 cm³/mol. The van der Waals surface area contributed by atoms with Gasteiger partial charge in [0.1, 0.15) is 5.82 Å². The molecule has 1 aliphatic rings. The number of carbonyl (C=O) groups excluding carboxylic acids is 1. The second-order valence-electron chi connectivity index (χ2n) is 7.53. The third-order valence-corrected chi connectivity index (χ3v) is 7.06. The lowest BCUT2D eigenvalue weighted by Gasteiger charge is -2.20. The Hall–Kier alpha value is -3.39. The van der Waals surface area contributed by atoms with E-state index in [0.717, 1.165) is 11.1 Å². The maximum Gasteiger partial charge on any atom is 0.323 e. The zero-order valence-corrected chi connectivity index (χ0v) is 18.0. The first-order valence-corrected chi connectivity index (χ1v) is 11.2. The zero-order valence-electron chi connectivity index (χ0n) is 17.1. The van der Waals surface area contributed by atoms with Crippen molar-refractivity contribution in [1.82, 2.24) is 0 Å². The van der Waals surface area contributed by atoms with Gasteiger partial charge >= 0.3 is 6.03 Å². The molecule has 6 nitrogen and oxygen atoms in total. The fourth-order valence-electron chi connectivity index (χ4n) is 3.48. The quantitative estimate of drug-likeness (QED) is 0.611. The van der Waals surface area contributed by atoms with Gasteiger partial charge in [-0.2, -0.15) is 0 Å². The molecule has 0 saturated heterocycles. The first kappa shape index (κ1) is 20.9. The molecule has 2 N–H and O–H groups in total. The minimum Gasteiger partial charge on any atom is -0.308 e. The van der Waals surface area contributed by atoms with E-state index in [9.17, 15) is 17.6 Å². The van der Waals surface area contributed by atoms with Gasteiger partial charge in [0.15, 0.2) is 0 Å². The maximum absolute atomic E-state index is 13.7. The summed E-state index contributed by atoms with van der Waals surface area (Å²) in [6.07, 6.45) is 0.593. The molecular formula is C23H22FN3O3S. The average Bonchev–Trinajstić information content (AvgIpc) is 3.15. The minimum absolute atomic E-state index is 0.225. The summed E-state index contributed by atoms with van der Waals surface area (Å²) in [5.74, 6) is -0.410. The summed E-state index contributed by atoms with van der Waals surface area (Å²) in [6.45, 7) is 3.87. The van der Waals surface area contributed by atoms with Crippen molar-refractivity contribution < 1.29 is 17.6 Å². The number of rotatable bonds is 4. The molecule has 4 rings (SSSR count). The van der Waals surface area contributed by atoms with Crippen LogP contribution in [0.3, 0.4) is 0 Å². The van der Waals surface area contributed by atoms with Crippen molar-refractivity contribution in [1.29, 1.82) is 0 Å².